The number of thioether (sulfide) groups is 1. The summed E-state index contributed by atoms with van der Waals surface area (Å²) in [7, 11) is 0. The van der Waals surface area contributed by atoms with Gasteiger partial charge < -0.3 is 10.1 Å². The molecular formula is C16H25NO2S. The molecular weight excluding hydrogens is 270 g/mol. The van der Waals surface area contributed by atoms with Gasteiger partial charge in [0.15, 0.2) is 6.10 Å². The topological polar surface area (TPSA) is 38.3 Å². The number of carbonyl (C=O) groups is 1. The zero-order valence-corrected chi connectivity index (χ0v) is 13.8. The van der Waals surface area contributed by atoms with Crippen molar-refractivity contribution in [1.29, 1.82) is 0 Å². The number of benzene rings is 1. The van der Waals surface area contributed by atoms with Gasteiger partial charge in [0.25, 0.3) is 5.91 Å². The van der Waals surface area contributed by atoms with Crippen molar-refractivity contribution in [2.45, 2.75) is 45.5 Å². The second kappa shape index (κ2) is 7.58. The first-order valence-corrected chi connectivity index (χ1v) is 7.92. The van der Waals surface area contributed by atoms with Gasteiger partial charge in [-0.05, 0) is 25.5 Å². The fourth-order valence-corrected chi connectivity index (χ4v) is 2.42. The number of nitrogens with one attached hydrogen (secondary N) is 1. The highest BCUT2D eigenvalue weighted by atomic mass is 32.2. The molecule has 1 aromatic carbocycles. The molecule has 0 aliphatic carbocycles. The molecule has 0 aliphatic heterocycles. The van der Waals surface area contributed by atoms with Crippen LogP contribution in [0.15, 0.2) is 24.3 Å². The smallest absolute Gasteiger partial charge is 0.260 e. The molecule has 0 radical (unpaired) electrons. The average Bonchev–Trinajstić information content (AvgIpc) is 2.36. The highest BCUT2D eigenvalue weighted by Gasteiger charge is 2.15. The van der Waals surface area contributed by atoms with Crippen LogP contribution in [0.4, 0.5) is 0 Å². The summed E-state index contributed by atoms with van der Waals surface area (Å²) in [6.45, 7) is 10.9. The van der Waals surface area contributed by atoms with Gasteiger partial charge in [0.2, 0.25) is 0 Å². The normalized spacial score (nSPS) is 12.8. The SMILES string of the molecule is Cc1ccccc1O[C@H](C)C(=O)NCCSC(C)(C)C. The monoisotopic (exact) mass is 295 g/mol. The molecule has 1 N–H and O–H groups in total. The Labute approximate surface area is 126 Å². The molecule has 0 saturated heterocycles. The number of amides is 1. The molecule has 0 bridgehead atoms. The fourth-order valence-electron chi connectivity index (χ4n) is 1.61. The molecule has 0 heterocycles. The number of carbonyl (C=O) groups excluding carboxylic acids is 1. The maximum absolute atomic E-state index is 11.9. The van der Waals surface area contributed by atoms with Gasteiger partial charge in [-0.15, -0.1) is 0 Å². The molecule has 1 amide bonds. The highest BCUT2D eigenvalue weighted by molar-refractivity contribution is 8.00. The summed E-state index contributed by atoms with van der Waals surface area (Å²) in [4.78, 5) is 11.9. The lowest BCUT2D eigenvalue weighted by Crippen LogP contribution is -2.37. The molecule has 0 fully saturated rings. The third kappa shape index (κ3) is 6.33. The van der Waals surface area contributed by atoms with E-state index in [1.54, 1.807) is 6.92 Å². The Morgan fingerprint density at radius 3 is 2.60 bits per heavy atom. The van der Waals surface area contributed by atoms with Crippen molar-refractivity contribution >= 4 is 17.7 Å². The van der Waals surface area contributed by atoms with Crippen LogP contribution in [-0.2, 0) is 4.79 Å². The highest BCUT2D eigenvalue weighted by Crippen LogP contribution is 2.22. The Morgan fingerprint density at radius 1 is 1.35 bits per heavy atom. The van der Waals surface area contributed by atoms with Gasteiger partial charge >= 0.3 is 0 Å². The van der Waals surface area contributed by atoms with Crippen LogP contribution in [0.5, 0.6) is 5.75 Å². The van der Waals surface area contributed by atoms with E-state index in [-0.39, 0.29) is 10.7 Å². The first-order valence-electron chi connectivity index (χ1n) is 6.93. The molecule has 4 heteroatoms. The standard InChI is InChI=1S/C16H25NO2S/c1-12-8-6-7-9-14(12)19-13(2)15(18)17-10-11-20-16(3,4)5/h6-9,13H,10-11H2,1-5H3,(H,17,18)/t13-/m1/s1. The third-order valence-corrected chi connectivity index (χ3v) is 3.98. The van der Waals surface area contributed by atoms with Crippen LogP contribution in [0, 0.1) is 6.92 Å². The molecule has 20 heavy (non-hydrogen) atoms. The first kappa shape index (κ1) is 16.9. The van der Waals surface area contributed by atoms with Crippen LogP contribution < -0.4 is 10.1 Å². The number of hydrogen-bond acceptors (Lipinski definition) is 3. The number of rotatable bonds is 6. The summed E-state index contributed by atoms with van der Waals surface area (Å²) in [5, 5.41) is 2.91. The maximum atomic E-state index is 11.9. The summed E-state index contributed by atoms with van der Waals surface area (Å²) in [5.74, 6) is 1.61. The molecule has 0 saturated carbocycles. The van der Waals surface area contributed by atoms with Gasteiger partial charge in [0.1, 0.15) is 5.75 Å². The van der Waals surface area contributed by atoms with E-state index in [9.17, 15) is 4.79 Å². The largest absolute Gasteiger partial charge is 0.481 e. The van der Waals surface area contributed by atoms with Crippen LogP contribution in [0.3, 0.4) is 0 Å². The van der Waals surface area contributed by atoms with E-state index in [0.717, 1.165) is 17.1 Å². The quantitative estimate of drug-likeness (QED) is 0.817. The molecule has 0 spiro atoms. The number of hydrogen-bond donors (Lipinski definition) is 1. The van der Waals surface area contributed by atoms with Gasteiger partial charge in [-0.1, -0.05) is 39.0 Å². The van der Waals surface area contributed by atoms with Crippen molar-refractivity contribution in [2.24, 2.45) is 0 Å². The number of ether oxygens (including phenoxy) is 1. The van der Waals surface area contributed by atoms with Crippen LogP contribution in [0.25, 0.3) is 0 Å². The van der Waals surface area contributed by atoms with Crippen molar-refractivity contribution in [3.63, 3.8) is 0 Å². The van der Waals surface area contributed by atoms with Crippen molar-refractivity contribution < 1.29 is 9.53 Å². The molecule has 1 aromatic rings. The summed E-state index contributed by atoms with van der Waals surface area (Å²) in [5.41, 5.74) is 1.04. The Balaban J connectivity index is 2.35. The van der Waals surface area contributed by atoms with Crippen LogP contribution >= 0.6 is 11.8 Å². The van der Waals surface area contributed by atoms with E-state index < -0.39 is 6.10 Å². The fraction of sp³-hybridized carbons (Fsp3) is 0.562. The Kier molecular flexibility index (Phi) is 6.40. The van der Waals surface area contributed by atoms with Crippen LogP contribution in [0.1, 0.15) is 33.3 Å². The number of para-hydroxylation sites is 1. The summed E-state index contributed by atoms with van der Waals surface area (Å²) in [6.07, 6.45) is -0.476. The minimum atomic E-state index is -0.476. The minimum absolute atomic E-state index is 0.0669. The first-order chi connectivity index (χ1) is 9.29. The Morgan fingerprint density at radius 2 is 2.00 bits per heavy atom. The Hall–Kier alpha value is -1.16. The lowest BCUT2D eigenvalue weighted by molar-refractivity contribution is -0.127. The van der Waals surface area contributed by atoms with Crippen LogP contribution in [-0.4, -0.2) is 29.1 Å². The van der Waals surface area contributed by atoms with Gasteiger partial charge in [-0.25, -0.2) is 0 Å². The molecule has 0 aliphatic rings. The van der Waals surface area contributed by atoms with E-state index in [1.807, 2.05) is 43.0 Å². The van der Waals surface area contributed by atoms with Crippen molar-refractivity contribution in [3.05, 3.63) is 29.8 Å². The molecule has 0 aromatic heterocycles. The summed E-state index contributed by atoms with van der Waals surface area (Å²) in [6, 6.07) is 7.72. The molecule has 112 valence electrons. The second-order valence-corrected chi connectivity index (χ2v) is 7.70. The van der Waals surface area contributed by atoms with Gasteiger partial charge in [0, 0.05) is 17.0 Å². The lowest BCUT2D eigenvalue weighted by Gasteiger charge is -2.19. The Bertz CT molecular complexity index is 440. The van der Waals surface area contributed by atoms with Gasteiger partial charge in [0.05, 0.1) is 0 Å². The van der Waals surface area contributed by atoms with E-state index >= 15 is 0 Å². The third-order valence-electron chi connectivity index (χ3n) is 2.70. The van der Waals surface area contributed by atoms with Crippen molar-refractivity contribution in [1.82, 2.24) is 5.32 Å². The summed E-state index contributed by atoms with van der Waals surface area (Å²) < 4.78 is 5.92. The van der Waals surface area contributed by atoms with E-state index in [1.165, 1.54) is 0 Å². The lowest BCUT2D eigenvalue weighted by atomic mass is 10.2. The summed E-state index contributed by atoms with van der Waals surface area (Å²) >= 11 is 1.84. The average molecular weight is 295 g/mol. The minimum Gasteiger partial charge on any atom is -0.481 e. The molecule has 3 nitrogen and oxygen atoms in total. The van der Waals surface area contributed by atoms with Crippen LogP contribution in [0.2, 0.25) is 0 Å². The van der Waals surface area contributed by atoms with E-state index in [4.69, 9.17) is 4.74 Å². The van der Waals surface area contributed by atoms with Crippen molar-refractivity contribution in [2.75, 3.05) is 12.3 Å². The molecule has 1 rings (SSSR count). The zero-order valence-electron chi connectivity index (χ0n) is 13.0. The van der Waals surface area contributed by atoms with Gasteiger partial charge in [-0.3, -0.25) is 4.79 Å². The number of aryl methyl sites for hydroxylation is 1. The molecule has 1 atom stereocenters. The van der Waals surface area contributed by atoms with Crippen molar-refractivity contribution in [3.8, 4) is 5.75 Å². The van der Waals surface area contributed by atoms with E-state index in [0.29, 0.717) is 6.54 Å². The van der Waals surface area contributed by atoms with Gasteiger partial charge in [-0.2, -0.15) is 11.8 Å². The maximum Gasteiger partial charge on any atom is 0.260 e. The molecule has 0 unspecified atom stereocenters. The predicted molar refractivity (Wildman–Crippen MR) is 86.5 cm³/mol. The predicted octanol–water partition coefficient (Wildman–Crippen LogP) is 3.41. The van der Waals surface area contributed by atoms with E-state index in [2.05, 4.69) is 26.1 Å². The zero-order chi connectivity index (χ0) is 15.2. The second-order valence-electron chi connectivity index (χ2n) is 5.78.